The van der Waals surface area contributed by atoms with Gasteiger partial charge in [-0.25, -0.2) is 0 Å². The fourth-order valence-corrected chi connectivity index (χ4v) is 3.82. The highest BCUT2D eigenvalue weighted by Crippen LogP contribution is 2.37. The predicted octanol–water partition coefficient (Wildman–Crippen LogP) is 2.27. The number of amides is 1. The lowest BCUT2D eigenvalue weighted by Gasteiger charge is -2.45. The van der Waals surface area contributed by atoms with Crippen molar-refractivity contribution in [2.75, 3.05) is 26.2 Å². The third kappa shape index (κ3) is 2.29. The Morgan fingerprint density at radius 2 is 2.20 bits per heavy atom. The first-order chi connectivity index (χ1) is 9.75. The summed E-state index contributed by atoms with van der Waals surface area (Å²) in [5, 5.41) is 0. The van der Waals surface area contributed by atoms with E-state index in [4.69, 9.17) is 0 Å². The molecule has 0 aromatic carbocycles. The standard InChI is InChI=1S/C16H23N3O/c1-2-10-19-12-5-8-16(19)7-4-11-18(13-16)15(20)14-6-3-9-17-14/h2-3,6,9,17H,1,4-5,7-8,10-13H2/t16-/m1/s1. The van der Waals surface area contributed by atoms with Crippen LogP contribution in [-0.2, 0) is 0 Å². The SMILES string of the molecule is C=CCN1CCC[C@@]12CCCN(C(=O)c1ccc[nH]1)C2. The molecule has 0 unspecified atom stereocenters. The number of aromatic nitrogens is 1. The number of H-pyrrole nitrogens is 1. The van der Waals surface area contributed by atoms with Gasteiger partial charge in [0.2, 0.25) is 0 Å². The molecule has 4 nitrogen and oxygen atoms in total. The Bertz CT molecular complexity index is 482. The van der Waals surface area contributed by atoms with E-state index < -0.39 is 0 Å². The molecular weight excluding hydrogens is 250 g/mol. The highest BCUT2D eigenvalue weighted by atomic mass is 16.2. The van der Waals surface area contributed by atoms with E-state index in [-0.39, 0.29) is 11.4 Å². The molecule has 1 N–H and O–H groups in total. The second kappa shape index (κ2) is 5.44. The maximum Gasteiger partial charge on any atom is 0.270 e. The number of carbonyl (C=O) groups excluding carboxylic acids is 1. The highest BCUT2D eigenvalue weighted by Gasteiger charge is 2.44. The first-order valence-corrected chi connectivity index (χ1v) is 7.54. The van der Waals surface area contributed by atoms with Gasteiger partial charge in [0.05, 0.1) is 0 Å². The van der Waals surface area contributed by atoms with Crippen LogP contribution in [0.1, 0.15) is 36.2 Å². The minimum absolute atomic E-state index is 0.138. The van der Waals surface area contributed by atoms with Gasteiger partial charge in [-0.1, -0.05) is 6.08 Å². The number of hydrogen-bond acceptors (Lipinski definition) is 2. The van der Waals surface area contributed by atoms with Gasteiger partial charge in [0.15, 0.2) is 0 Å². The molecule has 3 rings (SSSR count). The zero-order chi connectivity index (χ0) is 14.0. The van der Waals surface area contributed by atoms with Crippen LogP contribution in [0.5, 0.6) is 0 Å². The monoisotopic (exact) mass is 273 g/mol. The van der Waals surface area contributed by atoms with Gasteiger partial charge in [0.1, 0.15) is 5.69 Å². The summed E-state index contributed by atoms with van der Waals surface area (Å²) >= 11 is 0. The molecule has 1 aromatic rings. The smallest absolute Gasteiger partial charge is 0.270 e. The van der Waals surface area contributed by atoms with E-state index in [1.165, 1.54) is 19.3 Å². The van der Waals surface area contributed by atoms with Crippen LogP contribution in [0.15, 0.2) is 31.0 Å². The molecule has 2 aliphatic heterocycles. The first kappa shape index (κ1) is 13.4. The zero-order valence-corrected chi connectivity index (χ0v) is 12.0. The van der Waals surface area contributed by atoms with E-state index >= 15 is 0 Å². The van der Waals surface area contributed by atoms with Crippen LogP contribution < -0.4 is 0 Å². The molecule has 1 amide bonds. The molecule has 1 atom stereocenters. The van der Waals surface area contributed by atoms with Crippen molar-refractivity contribution >= 4 is 5.91 Å². The number of piperidine rings is 1. The summed E-state index contributed by atoms with van der Waals surface area (Å²) in [5.74, 6) is 0.138. The number of aromatic amines is 1. The van der Waals surface area contributed by atoms with Crippen molar-refractivity contribution in [1.82, 2.24) is 14.8 Å². The summed E-state index contributed by atoms with van der Waals surface area (Å²) in [7, 11) is 0. The van der Waals surface area contributed by atoms with Crippen molar-refractivity contribution in [3.05, 3.63) is 36.7 Å². The molecule has 108 valence electrons. The predicted molar refractivity (Wildman–Crippen MR) is 79.7 cm³/mol. The van der Waals surface area contributed by atoms with E-state index in [1.807, 2.05) is 29.3 Å². The van der Waals surface area contributed by atoms with Crippen LogP contribution in [-0.4, -0.2) is 52.4 Å². The molecule has 0 aliphatic carbocycles. The Kier molecular flexibility index (Phi) is 3.66. The van der Waals surface area contributed by atoms with Crippen molar-refractivity contribution < 1.29 is 4.79 Å². The van der Waals surface area contributed by atoms with Gasteiger partial charge in [0, 0.05) is 31.4 Å². The van der Waals surface area contributed by atoms with Crippen molar-refractivity contribution in [2.45, 2.75) is 31.2 Å². The summed E-state index contributed by atoms with van der Waals surface area (Å²) in [4.78, 5) is 20.1. The lowest BCUT2D eigenvalue weighted by Crippen LogP contribution is -2.56. The number of likely N-dealkylation sites (tertiary alicyclic amines) is 2. The lowest BCUT2D eigenvalue weighted by atomic mass is 9.86. The number of nitrogens with one attached hydrogen (secondary N) is 1. The number of rotatable bonds is 3. The van der Waals surface area contributed by atoms with Crippen molar-refractivity contribution in [2.24, 2.45) is 0 Å². The summed E-state index contributed by atoms with van der Waals surface area (Å²) in [6, 6.07) is 3.74. The van der Waals surface area contributed by atoms with Crippen molar-refractivity contribution in [3.8, 4) is 0 Å². The van der Waals surface area contributed by atoms with E-state index in [0.29, 0.717) is 5.69 Å². The normalized spacial score (nSPS) is 27.1. The van der Waals surface area contributed by atoms with Gasteiger partial charge in [-0.2, -0.15) is 0 Å². The molecule has 0 bridgehead atoms. The first-order valence-electron chi connectivity index (χ1n) is 7.54. The maximum absolute atomic E-state index is 12.5. The van der Waals surface area contributed by atoms with Crippen molar-refractivity contribution in [1.29, 1.82) is 0 Å². The van der Waals surface area contributed by atoms with Gasteiger partial charge in [-0.15, -0.1) is 6.58 Å². The molecule has 2 saturated heterocycles. The largest absolute Gasteiger partial charge is 0.357 e. The van der Waals surface area contributed by atoms with Gasteiger partial charge in [-0.3, -0.25) is 9.69 Å². The van der Waals surface area contributed by atoms with Crippen LogP contribution in [0.3, 0.4) is 0 Å². The Morgan fingerprint density at radius 3 is 2.90 bits per heavy atom. The molecule has 0 saturated carbocycles. The summed E-state index contributed by atoms with van der Waals surface area (Å²) in [5.41, 5.74) is 0.893. The summed E-state index contributed by atoms with van der Waals surface area (Å²) in [6.07, 6.45) is 8.54. The lowest BCUT2D eigenvalue weighted by molar-refractivity contribution is 0.0363. The van der Waals surface area contributed by atoms with E-state index in [0.717, 1.165) is 32.6 Å². The Labute approximate surface area is 120 Å². The van der Waals surface area contributed by atoms with E-state index in [2.05, 4.69) is 16.5 Å². The fourth-order valence-electron chi connectivity index (χ4n) is 3.82. The Morgan fingerprint density at radius 1 is 1.40 bits per heavy atom. The van der Waals surface area contributed by atoms with Crippen molar-refractivity contribution in [3.63, 3.8) is 0 Å². The van der Waals surface area contributed by atoms with Crippen LogP contribution >= 0.6 is 0 Å². The van der Waals surface area contributed by atoms with Crippen LogP contribution in [0.25, 0.3) is 0 Å². The molecular formula is C16H23N3O. The van der Waals surface area contributed by atoms with E-state index in [9.17, 15) is 4.79 Å². The average molecular weight is 273 g/mol. The zero-order valence-electron chi connectivity index (χ0n) is 12.0. The van der Waals surface area contributed by atoms with E-state index in [1.54, 1.807) is 0 Å². The van der Waals surface area contributed by atoms with Gasteiger partial charge in [0.25, 0.3) is 5.91 Å². The molecule has 0 radical (unpaired) electrons. The third-order valence-electron chi connectivity index (χ3n) is 4.76. The van der Waals surface area contributed by atoms with Gasteiger partial charge >= 0.3 is 0 Å². The van der Waals surface area contributed by atoms with Gasteiger partial charge in [-0.05, 0) is 44.4 Å². The molecule has 2 aliphatic rings. The molecule has 3 heterocycles. The number of nitrogens with zero attached hydrogens (tertiary/aromatic N) is 2. The Hall–Kier alpha value is -1.55. The van der Waals surface area contributed by atoms with Crippen LogP contribution in [0.4, 0.5) is 0 Å². The molecule has 4 heteroatoms. The topological polar surface area (TPSA) is 39.3 Å². The van der Waals surface area contributed by atoms with Crippen LogP contribution in [0, 0.1) is 0 Å². The molecule has 20 heavy (non-hydrogen) atoms. The number of hydrogen-bond donors (Lipinski definition) is 1. The average Bonchev–Trinajstić information content (AvgIpc) is 3.10. The minimum Gasteiger partial charge on any atom is -0.357 e. The number of carbonyl (C=O) groups is 1. The summed E-state index contributed by atoms with van der Waals surface area (Å²) < 4.78 is 0. The summed E-state index contributed by atoms with van der Waals surface area (Å²) in [6.45, 7) is 7.68. The molecule has 1 spiro atoms. The molecule has 2 fully saturated rings. The quantitative estimate of drug-likeness (QED) is 0.858. The second-order valence-corrected chi connectivity index (χ2v) is 5.98. The highest BCUT2D eigenvalue weighted by molar-refractivity contribution is 5.92. The molecule has 1 aromatic heterocycles. The second-order valence-electron chi connectivity index (χ2n) is 5.98. The fraction of sp³-hybridized carbons (Fsp3) is 0.562. The van der Waals surface area contributed by atoms with Gasteiger partial charge < -0.3 is 9.88 Å². The van der Waals surface area contributed by atoms with Crippen LogP contribution in [0.2, 0.25) is 0 Å². The Balaban J connectivity index is 1.76. The minimum atomic E-state index is 0.138. The maximum atomic E-state index is 12.5. The third-order valence-corrected chi connectivity index (χ3v) is 4.76.